The third-order valence-corrected chi connectivity index (χ3v) is 3.63. The normalized spacial score (nSPS) is 17.5. The van der Waals surface area contributed by atoms with E-state index in [1.54, 1.807) is 7.05 Å². The number of pyridine rings is 1. The molecule has 1 saturated heterocycles. The molecule has 2 rings (SSSR count). The van der Waals surface area contributed by atoms with Gasteiger partial charge in [-0.2, -0.15) is 4.39 Å². The van der Waals surface area contributed by atoms with Gasteiger partial charge in [-0.3, -0.25) is 4.79 Å². The molecule has 0 spiro atoms. The molecule has 0 radical (unpaired) electrons. The highest BCUT2D eigenvalue weighted by atomic mass is 19.2. The van der Waals surface area contributed by atoms with E-state index in [1.807, 2.05) is 7.05 Å². The topological polar surface area (TPSA) is 36.4 Å². The third-order valence-electron chi connectivity index (χ3n) is 3.63. The maximum Gasteiger partial charge on any atom is 0.257 e. The van der Waals surface area contributed by atoms with Crippen LogP contribution < -0.4 is 0 Å². The molecule has 1 aromatic heterocycles. The van der Waals surface area contributed by atoms with E-state index in [-0.39, 0.29) is 11.6 Å². The van der Waals surface area contributed by atoms with Crippen molar-refractivity contribution in [3.8, 4) is 0 Å². The minimum atomic E-state index is -1.23. The summed E-state index contributed by atoms with van der Waals surface area (Å²) in [5.74, 6) is -2.90. The quantitative estimate of drug-likeness (QED) is 0.764. The van der Waals surface area contributed by atoms with Crippen LogP contribution in [0.1, 0.15) is 23.2 Å². The minimum absolute atomic E-state index is 0.0688. The van der Waals surface area contributed by atoms with Crippen molar-refractivity contribution in [3.63, 3.8) is 0 Å². The number of halogens is 2. The Balaban J connectivity index is 2.13. The molecule has 0 aromatic carbocycles. The van der Waals surface area contributed by atoms with Crippen molar-refractivity contribution in [2.45, 2.75) is 18.9 Å². The summed E-state index contributed by atoms with van der Waals surface area (Å²) < 4.78 is 26.6. The summed E-state index contributed by atoms with van der Waals surface area (Å²) in [5, 5.41) is 0. The van der Waals surface area contributed by atoms with Gasteiger partial charge in [-0.25, -0.2) is 9.37 Å². The molecule has 0 aliphatic carbocycles. The first-order chi connectivity index (χ1) is 9.00. The number of nitrogens with zero attached hydrogens (tertiary/aromatic N) is 3. The molecule has 0 bridgehead atoms. The molecule has 0 unspecified atom stereocenters. The van der Waals surface area contributed by atoms with Crippen LogP contribution in [0.15, 0.2) is 12.3 Å². The Morgan fingerprint density at radius 1 is 1.42 bits per heavy atom. The van der Waals surface area contributed by atoms with E-state index in [0.29, 0.717) is 0 Å². The first kappa shape index (κ1) is 13.9. The Hall–Kier alpha value is -1.56. The number of aromatic nitrogens is 1. The SMILES string of the molecule is CN1CCC(N(C)C(=O)c2ccnc(F)c2F)CC1. The van der Waals surface area contributed by atoms with Crippen LogP contribution in [0.5, 0.6) is 0 Å². The van der Waals surface area contributed by atoms with Crippen LogP contribution in [0.4, 0.5) is 8.78 Å². The average molecular weight is 269 g/mol. The molecular weight excluding hydrogens is 252 g/mol. The number of carbonyl (C=O) groups excluding carboxylic acids is 1. The lowest BCUT2D eigenvalue weighted by Crippen LogP contribution is -2.44. The van der Waals surface area contributed by atoms with Gasteiger partial charge < -0.3 is 9.80 Å². The number of hydrogen-bond acceptors (Lipinski definition) is 3. The van der Waals surface area contributed by atoms with Gasteiger partial charge in [0.05, 0.1) is 5.56 Å². The molecular formula is C13H17F2N3O. The Kier molecular flexibility index (Phi) is 4.09. The van der Waals surface area contributed by atoms with E-state index in [0.717, 1.165) is 32.1 Å². The summed E-state index contributed by atoms with van der Waals surface area (Å²) in [6.07, 6.45) is 2.79. The zero-order valence-corrected chi connectivity index (χ0v) is 11.1. The molecule has 1 aromatic rings. The summed E-state index contributed by atoms with van der Waals surface area (Å²) in [7, 11) is 3.66. The van der Waals surface area contributed by atoms with Crippen LogP contribution in [0, 0.1) is 11.8 Å². The maximum absolute atomic E-state index is 13.5. The molecule has 19 heavy (non-hydrogen) atoms. The number of piperidine rings is 1. The van der Waals surface area contributed by atoms with Crippen LogP contribution in [-0.4, -0.2) is 53.9 Å². The standard InChI is InChI=1S/C13H17F2N3O/c1-17-7-4-9(5-8-17)18(2)13(19)10-3-6-16-12(15)11(10)14/h3,6,9H,4-5,7-8H2,1-2H3. The first-order valence-corrected chi connectivity index (χ1v) is 6.26. The zero-order chi connectivity index (χ0) is 14.0. The summed E-state index contributed by atoms with van der Waals surface area (Å²) in [5.41, 5.74) is -0.256. The summed E-state index contributed by atoms with van der Waals surface area (Å²) in [6, 6.07) is 1.28. The van der Waals surface area contributed by atoms with E-state index in [2.05, 4.69) is 9.88 Å². The fourth-order valence-corrected chi connectivity index (χ4v) is 2.32. The molecule has 0 N–H and O–H groups in total. The molecule has 1 fully saturated rings. The van der Waals surface area contributed by atoms with Crippen LogP contribution >= 0.6 is 0 Å². The third kappa shape index (κ3) is 2.89. The van der Waals surface area contributed by atoms with E-state index >= 15 is 0 Å². The second-order valence-corrected chi connectivity index (χ2v) is 4.91. The molecule has 6 heteroatoms. The molecule has 1 aliphatic rings. The van der Waals surface area contributed by atoms with Crippen LogP contribution in [0.25, 0.3) is 0 Å². The lowest BCUT2D eigenvalue weighted by Gasteiger charge is -2.35. The lowest BCUT2D eigenvalue weighted by atomic mass is 10.0. The van der Waals surface area contributed by atoms with Crippen molar-refractivity contribution >= 4 is 5.91 Å². The van der Waals surface area contributed by atoms with Crippen molar-refractivity contribution in [1.82, 2.24) is 14.8 Å². The fourth-order valence-electron chi connectivity index (χ4n) is 2.32. The summed E-state index contributed by atoms with van der Waals surface area (Å²) in [4.78, 5) is 19.0. The van der Waals surface area contributed by atoms with Crippen molar-refractivity contribution < 1.29 is 13.6 Å². The molecule has 4 nitrogen and oxygen atoms in total. The van der Waals surface area contributed by atoms with Gasteiger partial charge in [-0.05, 0) is 39.0 Å². The van der Waals surface area contributed by atoms with E-state index in [9.17, 15) is 13.6 Å². The van der Waals surface area contributed by atoms with Gasteiger partial charge in [0.2, 0.25) is 5.95 Å². The van der Waals surface area contributed by atoms with Crippen molar-refractivity contribution in [2.75, 3.05) is 27.2 Å². The monoisotopic (exact) mass is 269 g/mol. The Morgan fingerprint density at radius 3 is 2.68 bits per heavy atom. The second kappa shape index (κ2) is 5.61. The van der Waals surface area contributed by atoms with Gasteiger partial charge in [0.25, 0.3) is 5.91 Å². The molecule has 1 amide bonds. The molecule has 0 saturated carbocycles. The number of carbonyl (C=O) groups is 1. The van der Waals surface area contributed by atoms with Crippen molar-refractivity contribution in [2.24, 2.45) is 0 Å². The average Bonchev–Trinajstić information content (AvgIpc) is 2.41. The van der Waals surface area contributed by atoms with Gasteiger partial charge in [0.15, 0.2) is 5.82 Å². The van der Waals surface area contributed by atoms with E-state index in [1.165, 1.54) is 11.0 Å². The van der Waals surface area contributed by atoms with Crippen LogP contribution in [0.3, 0.4) is 0 Å². The summed E-state index contributed by atoms with van der Waals surface area (Å²) >= 11 is 0. The minimum Gasteiger partial charge on any atom is -0.339 e. The second-order valence-electron chi connectivity index (χ2n) is 4.91. The van der Waals surface area contributed by atoms with Gasteiger partial charge >= 0.3 is 0 Å². The Bertz CT molecular complexity index is 473. The number of amides is 1. The predicted molar refractivity (Wildman–Crippen MR) is 66.8 cm³/mol. The van der Waals surface area contributed by atoms with Gasteiger partial charge in [0, 0.05) is 19.3 Å². The van der Waals surface area contributed by atoms with E-state index in [4.69, 9.17) is 0 Å². The smallest absolute Gasteiger partial charge is 0.257 e. The van der Waals surface area contributed by atoms with Crippen LogP contribution in [0.2, 0.25) is 0 Å². The van der Waals surface area contributed by atoms with Crippen molar-refractivity contribution in [1.29, 1.82) is 0 Å². The zero-order valence-electron chi connectivity index (χ0n) is 11.1. The lowest BCUT2D eigenvalue weighted by molar-refractivity contribution is 0.0653. The largest absolute Gasteiger partial charge is 0.339 e. The molecule has 2 heterocycles. The maximum atomic E-state index is 13.5. The van der Waals surface area contributed by atoms with Gasteiger partial charge in [0.1, 0.15) is 0 Å². The molecule has 0 atom stereocenters. The van der Waals surface area contributed by atoms with Gasteiger partial charge in [-0.1, -0.05) is 0 Å². The molecule has 104 valence electrons. The highest BCUT2D eigenvalue weighted by molar-refractivity contribution is 5.94. The van der Waals surface area contributed by atoms with Gasteiger partial charge in [-0.15, -0.1) is 0 Å². The Morgan fingerprint density at radius 2 is 2.05 bits per heavy atom. The predicted octanol–water partition coefficient (Wildman–Crippen LogP) is 1.53. The highest BCUT2D eigenvalue weighted by Crippen LogP contribution is 2.18. The summed E-state index contributed by atoms with van der Waals surface area (Å²) in [6.45, 7) is 1.80. The molecule has 1 aliphatic heterocycles. The number of hydrogen-bond donors (Lipinski definition) is 0. The highest BCUT2D eigenvalue weighted by Gasteiger charge is 2.27. The number of rotatable bonds is 2. The Labute approximate surface area is 111 Å². The van der Waals surface area contributed by atoms with E-state index < -0.39 is 17.7 Å². The fraction of sp³-hybridized carbons (Fsp3) is 0.538. The van der Waals surface area contributed by atoms with Crippen LogP contribution in [-0.2, 0) is 0 Å². The van der Waals surface area contributed by atoms with Crippen molar-refractivity contribution in [3.05, 3.63) is 29.6 Å². The first-order valence-electron chi connectivity index (χ1n) is 6.26. The number of likely N-dealkylation sites (tertiary alicyclic amines) is 1.